The third-order valence-electron chi connectivity index (χ3n) is 3.14. The Bertz CT molecular complexity index is 208. The fourth-order valence-corrected chi connectivity index (χ4v) is 2.25. The second kappa shape index (κ2) is 4.78. The van der Waals surface area contributed by atoms with E-state index in [1.807, 2.05) is 39.8 Å². The first kappa shape index (κ1) is 12.9. The number of hydrogen-bond donors (Lipinski definition) is 2. The van der Waals surface area contributed by atoms with E-state index >= 15 is 0 Å². The van der Waals surface area contributed by atoms with Gasteiger partial charge in [-0.1, -0.05) is 13.8 Å². The fourth-order valence-electron chi connectivity index (χ4n) is 2.25. The second-order valence-electron chi connectivity index (χ2n) is 4.99. The summed E-state index contributed by atoms with van der Waals surface area (Å²) in [4.78, 5) is 1.86. The Morgan fingerprint density at radius 2 is 1.67 bits per heavy atom. The maximum absolute atomic E-state index is 10.1. The van der Waals surface area contributed by atoms with Crippen LogP contribution < -0.4 is 0 Å². The highest BCUT2D eigenvalue weighted by Gasteiger charge is 2.44. The van der Waals surface area contributed by atoms with Gasteiger partial charge in [0.15, 0.2) is 0 Å². The third-order valence-corrected chi connectivity index (χ3v) is 3.14. The molecule has 1 fully saturated rings. The minimum Gasteiger partial charge on any atom is -0.389 e. The predicted molar refractivity (Wildman–Crippen MR) is 58.7 cm³/mol. The molecule has 0 aromatic rings. The SMILES string of the molecule is CC(C)C1OC(C)C(O)C(N(C)C)C1O. The van der Waals surface area contributed by atoms with E-state index in [0.29, 0.717) is 0 Å². The second-order valence-corrected chi connectivity index (χ2v) is 4.99. The molecule has 15 heavy (non-hydrogen) atoms. The zero-order chi connectivity index (χ0) is 11.7. The van der Waals surface area contributed by atoms with Crippen LogP contribution in [0.2, 0.25) is 0 Å². The Hall–Kier alpha value is -0.160. The molecule has 4 nitrogen and oxygen atoms in total. The molecular weight excluding hydrogens is 194 g/mol. The van der Waals surface area contributed by atoms with Gasteiger partial charge in [-0.15, -0.1) is 0 Å². The van der Waals surface area contributed by atoms with E-state index in [1.54, 1.807) is 0 Å². The van der Waals surface area contributed by atoms with Crippen LogP contribution in [0.15, 0.2) is 0 Å². The molecule has 1 heterocycles. The first-order chi connectivity index (χ1) is 6.86. The maximum atomic E-state index is 10.1. The van der Waals surface area contributed by atoms with Crippen LogP contribution >= 0.6 is 0 Å². The zero-order valence-corrected chi connectivity index (χ0v) is 10.2. The van der Waals surface area contributed by atoms with E-state index in [4.69, 9.17) is 4.74 Å². The Kier molecular flexibility index (Phi) is 4.12. The lowest BCUT2D eigenvalue weighted by molar-refractivity contribution is -0.206. The van der Waals surface area contributed by atoms with E-state index in [9.17, 15) is 10.2 Å². The van der Waals surface area contributed by atoms with Crippen LogP contribution in [0.3, 0.4) is 0 Å². The average Bonchev–Trinajstić information content (AvgIpc) is 2.10. The van der Waals surface area contributed by atoms with Gasteiger partial charge in [0, 0.05) is 0 Å². The molecule has 1 aliphatic heterocycles. The topological polar surface area (TPSA) is 52.9 Å². The van der Waals surface area contributed by atoms with Crippen LogP contribution in [-0.2, 0) is 4.74 Å². The molecule has 1 saturated heterocycles. The standard InChI is InChI=1S/C11H23NO3/c1-6(2)11-10(14)8(12(4)5)9(13)7(3)15-11/h6-11,13-14H,1-5H3. The molecule has 0 aromatic carbocycles. The van der Waals surface area contributed by atoms with Crippen LogP contribution in [-0.4, -0.2) is 59.7 Å². The Labute approximate surface area is 91.8 Å². The summed E-state index contributed by atoms with van der Waals surface area (Å²) in [6.45, 7) is 5.89. The number of hydrogen-bond acceptors (Lipinski definition) is 4. The van der Waals surface area contributed by atoms with Gasteiger partial charge in [0.2, 0.25) is 0 Å². The third kappa shape index (κ3) is 2.50. The molecule has 0 spiro atoms. The molecule has 0 aromatic heterocycles. The first-order valence-electron chi connectivity index (χ1n) is 5.54. The van der Waals surface area contributed by atoms with Crippen molar-refractivity contribution in [2.45, 2.75) is 51.2 Å². The molecule has 1 aliphatic rings. The van der Waals surface area contributed by atoms with Crippen molar-refractivity contribution in [3.05, 3.63) is 0 Å². The molecule has 0 aliphatic carbocycles. The number of nitrogens with zero attached hydrogens (tertiary/aromatic N) is 1. The first-order valence-corrected chi connectivity index (χ1v) is 5.54. The van der Waals surface area contributed by atoms with Crippen LogP contribution in [0.1, 0.15) is 20.8 Å². The van der Waals surface area contributed by atoms with Crippen molar-refractivity contribution >= 4 is 0 Å². The van der Waals surface area contributed by atoms with Crippen molar-refractivity contribution in [3.8, 4) is 0 Å². The number of ether oxygens (including phenoxy) is 1. The van der Waals surface area contributed by atoms with Crippen LogP contribution in [0.4, 0.5) is 0 Å². The predicted octanol–water partition coefficient (Wildman–Crippen LogP) is 0.0817. The smallest absolute Gasteiger partial charge is 0.0985 e. The number of aliphatic hydroxyl groups excluding tert-OH is 2. The molecule has 0 bridgehead atoms. The summed E-state index contributed by atoms with van der Waals surface area (Å²) >= 11 is 0. The van der Waals surface area contributed by atoms with Crippen LogP contribution in [0.5, 0.6) is 0 Å². The Balaban J connectivity index is 2.84. The van der Waals surface area contributed by atoms with Crippen molar-refractivity contribution in [3.63, 3.8) is 0 Å². The summed E-state index contributed by atoms with van der Waals surface area (Å²) in [5.41, 5.74) is 0. The van der Waals surface area contributed by atoms with Gasteiger partial charge in [0.1, 0.15) is 0 Å². The fraction of sp³-hybridized carbons (Fsp3) is 1.00. The molecule has 2 N–H and O–H groups in total. The normalized spacial score (nSPS) is 42.6. The summed E-state index contributed by atoms with van der Waals surface area (Å²) in [6, 6.07) is -0.249. The van der Waals surface area contributed by atoms with Crippen LogP contribution in [0.25, 0.3) is 0 Å². The molecule has 0 saturated carbocycles. The lowest BCUT2D eigenvalue weighted by Crippen LogP contribution is -2.62. The van der Waals surface area contributed by atoms with Crippen molar-refractivity contribution < 1.29 is 14.9 Å². The van der Waals surface area contributed by atoms with Crippen molar-refractivity contribution in [2.24, 2.45) is 5.92 Å². The monoisotopic (exact) mass is 217 g/mol. The van der Waals surface area contributed by atoms with Crippen molar-refractivity contribution in [1.82, 2.24) is 4.90 Å². The van der Waals surface area contributed by atoms with Gasteiger partial charge in [0.05, 0.1) is 30.5 Å². The summed E-state index contributed by atoms with van der Waals surface area (Å²) in [7, 11) is 3.74. The number of rotatable bonds is 2. The molecule has 5 unspecified atom stereocenters. The van der Waals surface area contributed by atoms with E-state index < -0.39 is 12.2 Å². The molecule has 5 atom stereocenters. The maximum Gasteiger partial charge on any atom is 0.0985 e. The molecular formula is C11H23NO3. The average molecular weight is 217 g/mol. The number of aliphatic hydroxyl groups is 2. The largest absolute Gasteiger partial charge is 0.389 e. The summed E-state index contributed by atoms with van der Waals surface area (Å²) < 4.78 is 5.63. The highest BCUT2D eigenvalue weighted by atomic mass is 16.5. The summed E-state index contributed by atoms with van der Waals surface area (Å²) in [5.74, 6) is 0.248. The molecule has 90 valence electrons. The molecule has 4 heteroatoms. The Morgan fingerprint density at radius 1 is 1.13 bits per heavy atom. The minimum absolute atomic E-state index is 0.198. The number of likely N-dealkylation sites (N-methyl/N-ethyl adjacent to an activating group) is 1. The van der Waals surface area contributed by atoms with E-state index in [0.717, 1.165) is 0 Å². The van der Waals surface area contributed by atoms with Crippen molar-refractivity contribution in [1.29, 1.82) is 0 Å². The van der Waals surface area contributed by atoms with Gasteiger partial charge in [-0.3, -0.25) is 0 Å². The molecule has 0 amide bonds. The Morgan fingerprint density at radius 3 is 2.07 bits per heavy atom. The zero-order valence-electron chi connectivity index (χ0n) is 10.2. The van der Waals surface area contributed by atoms with Gasteiger partial charge >= 0.3 is 0 Å². The van der Waals surface area contributed by atoms with Gasteiger partial charge in [-0.25, -0.2) is 0 Å². The summed E-state index contributed by atoms with van der Waals surface area (Å²) in [5, 5.41) is 20.1. The van der Waals surface area contributed by atoms with E-state index in [1.165, 1.54) is 0 Å². The van der Waals surface area contributed by atoms with E-state index in [2.05, 4.69) is 0 Å². The van der Waals surface area contributed by atoms with Gasteiger partial charge in [0.25, 0.3) is 0 Å². The van der Waals surface area contributed by atoms with E-state index in [-0.39, 0.29) is 24.2 Å². The molecule has 0 radical (unpaired) electrons. The minimum atomic E-state index is -0.634. The van der Waals surface area contributed by atoms with Crippen molar-refractivity contribution in [2.75, 3.05) is 14.1 Å². The van der Waals surface area contributed by atoms with Crippen LogP contribution in [0, 0.1) is 5.92 Å². The highest BCUT2D eigenvalue weighted by Crippen LogP contribution is 2.27. The quantitative estimate of drug-likeness (QED) is 0.688. The summed E-state index contributed by atoms with van der Waals surface area (Å²) in [6.07, 6.45) is -1.69. The van der Waals surface area contributed by atoms with Gasteiger partial charge < -0.3 is 19.8 Å². The van der Waals surface area contributed by atoms with Gasteiger partial charge in [-0.05, 0) is 26.9 Å². The highest BCUT2D eigenvalue weighted by molar-refractivity contribution is 4.96. The van der Waals surface area contributed by atoms with Gasteiger partial charge in [-0.2, -0.15) is 0 Å². The lowest BCUT2D eigenvalue weighted by atomic mass is 9.87. The molecule has 1 rings (SSSR count). The lowest BCUT2D eigenvalue weighted by Gasteiger charge is -2.46.